The maximum absolute atomic E-state index is 5.71. The maximum Gasteiger partial charge on any atom is 0.0716 e. The minimum absolute atomic E-state index is 0.568. The Balaban J connectivity index is 1.62. The summed E-state index contributed by atoms with van der Waals surface area (Å²) in [5.74, 6) is 0. The van der Waals surface area contributed by atoms with Crippen LogP contribution in [0.1, 0.15) is 89.5 Å². The molecule has 234 valence electrons. The first-order valence-electron chi connectivity index (χ1n) is 16.0. The minimum atomic E-state index is 0.568. The predicted octanol–water partition coefficient (Wildman–Crippen LogP) is 7.00. The lowest BCUT2D eigenvalue weighted by molar-refractivity contribution is -0.0169. The second kappa shape index (κ2) is 32.5. The standard InChI is InChI=1S/C33H60O7/c1-2-3-4-5-6-7-8-14-19-34-22-24-36-26-28-38-30-31-39-29-27-37-25-23-35-20-15-9-10-16-21-40-32-33-17-12-11-13-18-33/h11-13,17-18H,2-10,14-16,19-32H2,1H3. The highest BCUT2D eigenvalue weighted by Crippen LogP contribution is 2.08. The molecule has 0 unspecified atom stereocenters. The van der Waals surface area contributed by atoms with E-state index in [9.17, 15) is 0 Å². The van der Waals surface area contributed by atoms with Crippen LogP contribution in [-0.2, 0) is 39.8 Å². The third-order valence-corrected chi connectivity index (χ3v) is 6.44. The van der Waals surface area contributed by atoms with Crippen LogP contribution in [0.4, 0.5) is 0 Å². The van der Waals surface area contributed by atoms with Crippen LogP contribution in [0.5, 0.6) is 0 Å². The summed E-state index contributed by atoms with van der Waals surface area (Å²) in [4.78, 5) is 0. The molecule has 1 aromatic carbocycles. The molecule has 1 rings (SSSR count). The molecule has 0 fully saturated rings. The minimum Gasteiger partial charge on any atom is -0.379 e. The van der Waals surface area contributed by atoms with E-state index in [1.165, 1.54) is 63.4 Å². The first-order chi connectivity index (χ1) is 19.9. The molecule has 0 heterocycles. The summed E-state index contributed by atoms with van der Waals surface area (Å²) in [7, 11) is 0. The van der Waals surface area contributed by atoms with Crippen molar-refractivity contribution >= 4 is 0 Å². The summed E-state index contributed by atoms with van der Waals surface area (Å²) in [6.07, 6.45) is 15.1. The summed E-state index contributed by atoms with van der Waals surface area (Å²) >= 11 is 0. The van der Waals surface area contributed by atoms with Gasteiger partial charge in [-0.15, -0.1) is 0 Å². The second-order valence-electron chi connectivity index (χ2n) is 10.1. The molecule has 7 heteroatoms. The molecule has 0 aliphatic carbocycles. The van der Waals surface area contributed by atoms with Crippen molar-refractivity contribution in [1.29, 1.82) is 0 Å². The van der Waals surface area contributed by atoms with Crippen LogP contribution in [0.3, 0.4) is 0 Å². The molecule has 0 aromatic heterocycles. The fourth-order valence-corrected chi connectivity index (χ4v) is 4.07. The Labute approximate surface area is 245 Å². The van der Waals surface area contributed by atoms with E-state index in [0.29, 0.717) is 72.7 Å². The average Bonchev–Trinajstić information content (AvgIpc) is 2.98. The van der Waals surface area contributed by atoms with E-state index < -0.39 is 0 Å². The van der Waals surface area contributed by atoms with Crippen molar-refractivity contribution < 1.29 is 33.2 Å². The number of unbranched alkanes of at least 4 members (excludes halogenated alkanes) is 10. The Morgan fingerprint density at radius 1 is 0.350 bits per heavy atom. The van der Waals surface area contributed by atoms with Crippen LogP contribution in [0, 0.1) is 0 Å². The third kappa shape index (κ3) is 28.5. The zero-order valence-corrected chi connectivity index (χ0v) is 25.6. The van der Waals surface area contributed by atoms with Gasteiger partial charge < -0.3 is 33.2 Å². The van der Waals surface area contributed by atoms with Crippen LogP contribution in [0.15, 0.2) is 30.3 Å². The van der Waals surface area contributed by atoms with Gasteiger partial charge in [0.25, 0.3) is 0 Å². The first kappa shape index (κ1) is 37.0. The van der Waals surface area contributed by atoms with Crippen molar-refractivity contribution in [2.75, 3.05) is 85.9 Å². The summed E-state index contributed by atoms with van der Waals surface area (Å²) in [6.45, 7) is 11.4. The van der Waals surface area contributed by atoms with Gasteiger partial charge in [0.15, 0.2) is 0 Å². The lowest BCUT2D eigenvalue weighted by Crippen LogP contribution is -2.14. The lowest BCUT2D eigenvalue weighted by Gasteiger charge is -2.08. The number of hydrogen-bond acceptors (Lipinski definition) is 7. The van der Waals surface area contributed by atoms with Crippen LogP contribution in [0.25, 0.3) is 0 Å². The monoisotopic (exact) mass is 568 g/mol. The molecular formula is C33H60O7. The van der Waals surface area contributed by atoms with Crippen molar-refractivity contribution in [3.8, 4) is 0 Å². The summed E-state index contributed by atoms with van der Waals surface area (Å²) in [5.41, 5.74) is 1.23. The highest BCUT2D eigenvalue weighted by molar-refractivity contribution is 5.13. The van der Waals surface area contributed by atoms with Gasteiger partial charge in [-0.1, -0.05) is 95.0 Å². The van der Waals surface area contributed by atoms with Gasteiger partial charge in [0, 0.05) is 19.8 Å². The van der Waals surface area contributed by atoms with Gasteiger partial charge in [0.1, 0.15) is 0 Å². The smallest absolute Gasteiger partial charge is 0.0716 e. The summed E-state index contributed by atoms with van der Waals surface area (Å²) in [5, 5.41) is 0. The fraction of sp³-hybridized carbons (Fsp3) is 0.818. The Kier molecular flexibility index (Phi) is 30.0. The molecule has 0 spiro atoms. The Morgan fingerprint density at radius 3 is 1.07 bits per heavy atom. The van der Waals surface area contributed by atoms with Gasteiger partial charge in [-0.25, -0.2) is 0 Å². The fourth-order valence-electron chi connectivity index (χ4n) is 4.07. The van der Waals surface area contributed by atoms with Gasteiger partial charge in [-0.05, 0) is 24.8 Å². The molecule has 0 amide bonds. The molecular weight excluding hydrogens is 508 g/mol. The van der Waals surface area contributed by atoms with E-state index in [-0.39, 0.29) is 0 Å². The highest BCUT2D eigenvalue weighted by Gasteiger charge is 1.97. The van der Waals surface area contributed by atoms with Crippen molar-refractivity contribution in [2.45, 2.75) is 90.6 Å². The number of benzene rings is 1. The van der Waals surface area contributed by atoms with Crippen LogP contribution in [-0.4, -0.2) is 85.9 Å². The van der Waals surface area contributed by atoms with Gasteiger partial charge in [-0.3, -0.25) is 0 Å². The zero-order chi connectivity index (χ0) is 28.4. The number of rotatable bonds is 33. The molecule has 0 bridgehead atoms. The third-order valence-electron chi connectivity index (χ3n) is 6.44. The molecule has 1 aromatic rings. The van der Waals surface area contributed by atoms with Crippen molar-refractivity contribution in [3.05, 3.63) is 35.9 Å². The normalized spacial score (nSPS) is 11.4. The van der Waals surface area contributed by atoms with Gasteiger partial charge in [0.05, 0.1) is 72.7 Å². The first-order valence-corrected chi connectivity index (χ1v) is 16.0. The maximum atomic E-state index is 5.71. The van der Waals surface area contributed by atoms with Crippen molar-refractivity contribution in [1.82, 2.24) is 0 Å². The molecule has 0 saturated heterocycles. The predicted molar refractivity (Wildman–Crippen MR) is 162 cm³/mol. The molecule has 0 N–H and O–H groups in total. The number of hydrogen-bond donors (Lipinski definition) is 0. The van der Waals surface area contributed by atoms with Crippen molar-refractivity contribution in [3.63, 3.8) is 0 Å². The van der Waals surface area contributed by atoms with Crippen molar-refractivity contribution in [2.24, 2.45) is 0 Å². The molecule has 7 nitrogen and oxygen atoms in total. The largest absolute Gasteiger partial charge is 0.379 e. The van der Waals surface area contributed by atoms with E-state index in [1.807, 2.05) is 18.2 Å². The van der Waals surface area contributed by atoms with Gasteiger partial charge in [0.2, 0.25) is 0 Å². The van der Waals surface area contributed by atoms with Crippen LogP contribution < -0.4 is 0 Å². The number of ether oxygens (including phenoxy) is 7. The van der Waals surface area contributed by atoms with E-state index in [4.69, 9.17) is 33.2 Å². The second-order valence-corrected chi connectivity index (χ2v) is 10.1. The lowest BCUT2D eigenvalue weighted by atomic mass is 10.1. The molecule has 0 radical (unpaired) electrons. The molecule has 0 saturated carbocycles. The SMILES string of the molecule is CCCCCCCCCCOCCOCCOCCOCCOCCOCCCCCCOCc1ccccc1. The van der Waals surface area contributed by atoms with E-state index in [2.05, 4.69) is 19.1 Å². The molecule has 0 aliphatic rings. The molecule has 0 atom stereocenters. The highest BCUT2D eigenvalue weighted by atomic mass is 16.6. The van der Waals surface area contributed by atoms with Crippen LogP contribution >= 0.6 is 0 Å². The van der Waals surface area contributed by atoms with E-state index >= 15 is 0 Å². The Hall–Kier alpha value is -1.06. The van der Waals surface area contributed by atoms with E-state index in [0.717, 1.165) is 39.1 Å². The van der Waals surface area contributed by atoms with Crippen LogP contribution in [0.2, 0.25) is 0 Å². The summed E-state index contributed by atoms with van der Waals surface area (Å²) < 4.78 is 39.1. The molecule has 40 heavy (non-hydrogen) atoms. The quantitative estimate of drug-likeness (QED) is 0.0846. The summed E-state index contributed by atoms with van der Waals surface area (Å²) in [6, 6.07) is 10.3. The van der Waals surface area contributed by atoms with E-state index in [1.54, 1.807) is 0 Å². The van der Waals surface area contributed by atoms with Gasteiger partial charge >= 0.3 is 0 Å². The molecule has 0 aliphatic heterocycles. The zero-order valence-electron chi connectivity index (χ0n) is 25.6. The Bertz CT molecular complexity index is 587. The van der Waals surface area contributed by atoms with Gasteiger partial charge in [-0.2, -0.15) is 0 Å². The topological polar surface area (TPSA) is 64.6 Å². The Morgan fingerprint density at radius 2 is 0.675 bits per heavy atom. The average molecular weight is 569 g/mol.